The van der Waals surface area contributed by atoms with E-state index in [1.54, 1.807) is 4.90 Å². The van der Waals surface area contributed by atoms with Crippen LogP contribution < -0.4 is 4.90 Å². The molecule has 0 saturated carbocycles. The number of piperidine rings is 1. The van der Waals surface area contributed by atoms with Crippen LogP contribution in [0.3, 0.4) is 0 Å². The Balaban J connectivity index is 2.25. The summed E-state index contributed by atoms with van der Waals surface area (Å²) in [5.74, 6) is 1.31. The summed E-state index contributed by atoms with van der Waals surface area (Å²) in [6.45, 7) is 5.60. The van der Waals surface area contributed by atoms with Crippen LogP contribution in [0.4, 0.5) is 19.0 Å². The minimum absolute atomic E-state index is 0.162. The van der Waals surface area contributed by atoms with Crippen molar-refractivity contribution in [2.45, 2.75) is 32.9 Å². The summed E-state index contributed by atoms with van der Waals surface area (Å²) in [5.41, 5.74) is -0.742. The molecule has 2 rings (SSSR count). The average molecular weight is 297 g/mol. The fraction of sp³-hybridized carbons (Fsp3) is 0.600. The zero-order chi connectivity index (χ0) is 15.6. The van der Waals surface area contributed by atoms with Gasteiger partial charge >= 0.3 is 6.18 Å². The summed E-state index contributed by atoms with van der Waals surface area (Å²) < 4.78 is 38.3. The van der Waals surface area contributed by atoms with Crippen molar-refractivity contribution in [1.82, 2.24) is 4.98 Å². The maximum absolute atomic E-state index is 12.8. The van der Waals surface area contributed by atoms with Crippen LogP contribution in [0, 0.1) is 23.2 Å². The van der Waals surface area contributed by atoms with E-state index in [-0.39, 0.29) is 11.4 Å². The number of aromatic nitrogens is 1. The molecule has 0 N–H and O–H groups in total. The standard InChI is InChI=1S/C15H18F3N3/c1-10(2)11-5-7-21(8-6-11)14-12(9-19)3-4-13(20-14)15(16,17)18/h3-4,10-11H,5-8H2,1-2H3. The van der Waals surface area contributed by atoms with E-state index in [2.05, 4.69) is 18.8 Å². The Labute approximate surface area is 122 Å². The van der Waals surface area contributed by atoms with Gasteiger partial charge in [-0.1, -0.05) is 13.8 Å². The zero-order valence-electron chi connectivity index (χ0n) is 12.1. The Hall–Kier alpha value is -1.77. The van der Waals surface area contributed by atoms with Crippen LogP contribution >= 0.6 is 0 Å². The molecule has 1 saturated heterocycles. The summed E-state index contributed by atoms with van der Waals surface area (Å²) in [7, 11) is 0. The number of alkyl halides is 3. The van der Waals surface area contributed by atoms with Crippen molar-refractivity contribution in [2.24, 2.45) is 11.8 Å². The second-order valence-electron chi connectivity index (χ2n) is 5.75. The quantitative estimate of drug-likeness (QED) is 0.832. The maximum Gasteiger partial charge on any atom is 0.433 e. The van der Waals surface area contributed by atoms with Crippen molar-refractivity contribution >= 4 is 5.82 Å². The topological polar surface area (TPSA) is 39.9 Å². The fourth-order valence-corrected chi connectivity index (χ4v) is 2.71. The molecule has 0 aromatic carbocycles. The molecule has 0 radical (unpaired) electrons. The zero-order valence-corrected chi connectivity index (χ0v) is 12.1. The van der Waals surface area contributed by atoms with Crippen molar-refractivity contribution in [3.05, 3.63) is 23.4 Å². The highest BCUT2D eigenvalue weighted by Gasteiger charge is 2.34. The number of anilines is 1. The van der Waals surface area contributed by atoms with Crippen LogP contribution in [0.1, 0.15) is 37.9 Å². The van der Waals surface area contributed by atoms with E-state index in [4.69, 9.17) is 5.26 Å². The molecule has 1 aromatic heterocycles. The molecule has 1 aliphatic heterocycles. The molecule has 0 bridgehead atoms. The van der Waals surface area contributed by atoms with Crippen LogP contribution in [0.2, 0.25) is 0 Å². The van der Waals surface area contributed by atoms with E-state index in [0.717, 1.165) is 18.9 Å². The highest BCUT2D eigenvalue weighted by atomic mass is 19.4. The van der Waals surface area contributed by atoms with Gasteiger partial charge in [0.05, 0.1) is 5.56 Å². The van der Waals surface area contributed by atoms with Gasteiger partial charge in [-0.15, -0.1) is 0 Å². The lowest BCUT2D eigenvalue weighted by Gasteiger charge is -2.35. The third-order valence-corrected chi connectivity index (χ3v) is 4.07. The Morgan fingerprint density at radius 1 is 1.29 bits per heavy atom. The van der Waals surface area contributed by atoms with Crippen LogP contribution in [0.25, 0.3) is 0 Å². The molecule has 0 unspecified atom stereocenters. The van der Waals surface area contributed by atoms with Gasteiger partial charge in [-0.2, -0.15) is 18.4 Å². The number of nitrogens with zero attached hydrogens (tertiary/aromatic N) is 3. The lowest BCUT2D eigenvalue weighted by Crippen LogP contribution is -2.36. The highest BCUT2D eigenvalue weighted by Crippen LogP contribution is 2.32. The number of rotatable bonds is 2. The van der Waals surface area contributed by atoms with Gasteiger partial charge in [0.15, 0.2) is 0 Å². The molecule has 6 heteroatoms. The number of hydrogen-bond acceptors (Lipinski definition) is 3. The Morgan fingerprint density at radius 3 is 2.38 bits per heavy atom. The smallest absolute Gasteiger partial charge is 0.355 e. The van der Waals surface area contributed by atoms with Gasteiger partial charge in [-0.25, -0.2) is 4.98 Å². The van der Waals surface area contributed by atoms with Gasteiger partial charge in [0, 0.05) is 13.1 Å². The minimum atomic E-state index is -4.49. The molecule has 0 aliphatic carbocycles. The molecule has 1 fully saturated rings. The molecular weight excluding hydrogens is 279 g/mol. The Morgan fingerprint density at radius 2 is 1.90 bits per heavy atom. The first kappa shape index (κ1) is 15.6. The highest BCUT2D eigenvalue weighted by molar-refractivity contribution is 5.54. The van der Waals surface area contributed by atoms with Gasteiger partial charge in [0.2, 0.25) is 0 Å². The average Bonchev–Trinajstić information content (AvgIpc) is 2.45. The molecule has 0 spiro atoms. The van der Waals surface area contributed by atoms with Crippen LogP contribution in [-0.4, -0.2) is 18.1 Å². The van der Waals surface area contributed by atoms with E-state index >= 15 is 0 Å². The van der Waals surface area contributed by atoms with E-state index < -0.39 is 11.9 Å². The third-order valence-electron chi connectivity index (χ3n) is 4.07. The van der Waals surface area contributed by atoms with Crippen molar-refractivity contribution in [3.63, 3.8) is 0 Å². The first-order valence-electron chi connectivity index (χ1n) is 7.06. The van der Waals surface area contributed by atoms with E-state index in [1.807, 2.05) is 6.07 Å². The van der Waals surface area contributed by atoms with Gasteiger partial charge in [-0.05, 0) is 36.8 Å². The largest absolute Gasteiger partial charge is 0.433 e. The SMILES string of the molecule is CC(C)C1CCN(c2nc(C(F)(F)F)ccc2C#N)CC1. The Kier molecular flexibility index (Phi) is 4.40. The number of nitriles is 1. The van der Waals surface area contributed by atoms with E-state index in [9.17, 15) is 13.2 Å². The second kappa shape index (κ2) is 5.92. The molecule has 21 heavy (non-hydrogen) atoms. The van der Waals surface area contributed by atoms with Crippen molar-refractivity contribution in [1.29, 1.82) is 5.26 Å². The number of hydrogen-bond donors (Lipinski definition) is 0. The van der Waals surface area contributed by atoms with Crippen LogP contribution in [0.5, 0.6) is 0 Å². The predicted molar refractivity (Wildman–Crippen MR) is 73.7 cm³/mol. The molecular formula is C15H18F3N3. The monoisotopic (exact) mass is 297 g/mol. The second-order valence-corrected chi connectivity index (χ2v) is 5.75. The number of pyridine rings is 1. The van der Waals surface area contributed by atoms with Crippen molar-refractivity contribution < 1.29 is 13.2 Å². The third kappa shape index (κ3) is 3.46. The summed E-state index contributed by atoms with van der Waals surface area (Å²) >= 11 is 0. The molecule has 0 amide bonds. The summed E-state index contributed by atoms with van der Waals surface area (Å²) in [6, 6.07) is 4.01. The van der Waals surface area contributed by atoms with E-state index in [0.29, 0.717) is 24.9 Å². The van der Waals surface area contributed by atoms with Gasteiger partial charge in [0.25, 0.3) is 0 Å². The molecule has 2 heterocycles. The van der Waals surface area contributed by atoms with Crippen LogP contribution in [0.15, 0.2) is 12.1 Å². The van der Waals surface area contributed by atoms with Gasteiger partial charge < -0.3 is 4.90 Å². The lowest BCUT2D eigenvalue weighted by molar-refractivity contribution is -0.141. The first-order chi connectivity index (χ1) is 9.82. The fourth-order valence-electron chi connectivity index (χ4n) is 2.71. The Bertz CT molecular complexity index is 538. The summed E-state index contributed by atoms with van der Waals surface area (Å²) in [6.07, 6.45) is -2.65. The summed E-state index contributed by atoms with van der Waals surface area (Å²) in [4.78, 5) is 5.49. The first-order valence-corrected chi connectivity index (χ1v) is 7.06. The molecule has 1 aromatic rings. The maximum atomic E-state index is 12.8. The lowest BCUT2D eigenvalue weighted by atomic mass is 9.86. The van der Waals surface area contributed by atoms with Gasteiger partial charge in [0.1, 0.15) is 17.6 Å². The van der Waals surface area contributed by atoms with E-state index in [1.165, 1.54) is 6.07 Å². The van der Waals surface area contributed by atoms with Crippen molar-refractivity contribution in [3.8, 4) is 6.07 Å². The van der Waals surface area contributed by atoms with Crippen molar-refractivity contribution in [2.75, 3.05) is 18.0 Å². The molecule has 114 valence electrons. The molecule has 1 aliphatic rings. The summed E-state index contributed by atoms with van der Waals surface area (Å²) in [5, 5.41) is 9.09. The predicted octanol–water partition coefficient (Wildman–Crippen LogP) is 3.84. The minimum Gasteiger partial charge on any atom is -0.355 e. The normalized spacial score (nSPS) is 17.1. The molecule has 0 atom stereocenters. The van der Waals surface area contributed by atoms with Gasteiger partial charge in [-0.3, -0.25) is 0 Å². The van der Waals surface area contributed by atoms with Crippen LogP contribution in [-0.2, 0) is 6.18 Å². The molecule has 3 nitrogen and oxygen atoms in total. The number of halogens is 3.